The SMILES string of the molecule is CC(C)(C)c1nc2ccccc2c2[nH]c3cc4c(cc3[n+]12)C(C)(C)CC4(C)C. The fraction of sp³-hybridized carbons (Fsp3) is 0.440. The van der Waals surface area contributed by atoms with Gasteiger partial charge in [-0.1, -0.05) is 60.6 Å². The number of aromatic nitrogens is 3. The Hall–Kier alpha value is -2.42. The fourth-order valence-electron chi connectivity index (χ4n) is 5.44. The summed E-state index contributed by atoms with van der Waals surface area (Å²) >= 11 is 0. The molecular formula is C25H30N3+. The van der Waals surface area contributed by atoms with Crippen LogP contribution in [-0.4, -0.2) is 9.97 Å². The fourth-order valence-corrected chi connectivity index (χ4v) is 5.44. The highest BCUT2D eigenvalue weighted by Gasteiger charge is 2.43. The quantitative estimate of drug-likeness (QED) is 0.394. The van der Waals surface area contributed by atoms with Crippen LogP contribution >= 0.6 is 0 Å². The molecule has 4 aromatic rings. The van der Waals surface area contributed by atoms with Crippen molar-refractivity contribution in [1.29, 1.82) is 0 Å². The molecule has 0 atom stereocenters. The van der Waals surface area contributed by atoms with Crippen molar-refractivity contribution < 1.29 is 4.40 Å². The summed E-state index contributed by atoms with van der Waals surface area (Å²) in [5, 5.41) is 1.17. The Morgan fingerprint density at radius 1 is 0.964 bits per heavy atom. The van der Waals surface area contributed by atoms with Crippen molar-refractivity contribution in [3.05, 3.63) is 53.3 Å². The van der Waals surface area contributed by atoms with Crippen LogP contribution in [0.4, 0.5) is 0 Å². The summed E-state index contributed by atoms with van der Waals surface area (Å²) < 4.78 is 2.36. The summed E-state index contributed by atoms with van der Waals surface area (Å²) in [7, 11) is 0. The van der Waals surface area contributed by atoms with Crippen molar-refractivity contribution in [2.75, 3.05) is 0 Å². The number of imidazole rings is 1. The van der Waals surface area contributed by atoms with Crippen molar-refractivity contribution in [2.24, 2.45) is 0 Å². The van der Waals surface area contributed by atoms with Crippen LogP contribution in [0.1, 0.15) is 71.8 Å². The van der Waals surface area contributed by atoms with Gasteiger partial charge in [-0.25, -0.2) is 0 Å². The van der Waals surface area contributed by atoms with Gasteiger partial charge >= 0.3 is 0 Å². The van der Waals surface area contributed by atoms with Crippen molar-refractivity contribution >= 4 is 27.6 Å². The highest BCUT2D eigenvalue weighted by Crippen LogP contribution is 2.50. The number of benzene rings is 2. The van der Waals surface area contributed by atoms with Crippen LogP contribution in [0.5, 0.6) is 0 Å². The average molecular weight is 373 g/mol. The van der Waals surface area contributed by atoms with Gasteiger partial charge in [0.25, 0.3) is 0 Å². The number of nitrogens with one attached hydrogen (secondary N) is 1. The molecule has 0 unspecified atom stereocenters. The first-order valence-electron chi connectivity index (χ1n) is 10.3. The van der Waals surface area contributed by atoms with E-state index in [1.165, 1.54) is 34.0 Å². The predicted molar refractivity (Wildman–Crippen MR) is 116 cm³/mol. The molecule has 0 saturated heterocycles. The average Bonchev–Trinajstić information content (AvgIpc) is 3.04. The highest BCUT2D eigenvalue weighted by molar-refractivity contribution is 5.92. The van der Waals surface area contributed by atoms with Crippen LogP contribution in [0.2, 0.25) is 0 Å². The van der Waals surface area contributed by atoms with Gasteiger partial charge in [-0.2, -0.15) is 4.40 Å². The summed E-state index contributed by atoms with van der Waals surface area (Å²) in [5.74, 6) is 1.10. The Labute approximate surface area is 166 Å². The molecule has 2 aromatic carbocycles. The standard InChI is InChI=1S/C25H29N3/c1-23(2,3)22-27-18-11-9-8-10-15(18)21-26-19-12-16-17(13-20(19)28(21)22)25(6,7)14-24(16,4)5/h8-13H,14H2,1-7H3/p+1. The van der Waals surface area contributed by atoms with E-state index in [9.17, 15) is 0 Å². The topological polar surface area (TPSA) is 32.8 Å². The lowest BCUT2D eigenvalue weighted by Crippen LogP contribution is -2.36. The van der Waals surface area contributed by atoms with Crippen LogP contribution < -0.4 is 4.40 Å². The second-order valence-electron chi connectivity index (χ2n) is 10.9. The number of H-pyrrole nitrogens is 1. The first-order valence-corrected chi connectivity index (χ1v) is 10.3. The Morgan fingerprint density at radius 2 is 1.61 bits per heavy atom. The summed E-state index contributed by atoms with van der Waals surface area (Å²) in [5.41, 5.74) is 7.91. The number of nitrogens with zero attached hydrogens (tertiary/aromatic N) is 2. The number of aromatic amines is 1. The van der Waals surface area contributed by atoms with E-state index >= 15 is 0 Å². The molecule has 0 bridgehead atoms. The lowest BCUT2D eigenvalue weighted by atomic mass is 9.82. The second-order valence-corrected chi connectivity index (χ2v) is 10.9. The smallest absolute Gasteiger partial charge is 0.249 e. The number of hydrogen-bond donors (Lipinski definition) is 1. The molecule has 5 rings (SSSR count). The zero-order valence-corrected chi connectivity index (χ0v) is 18.1. The summed E-state index contributed by atoms with van der Waals surface area (Å²) in [6.45, 7) is 16.2. The number of hydrogen-bond acceptors (Lipinski definition) is 1. The molecule has 2 aromatic heterocycles. The van der Waals surface area contributed by atoms with E-state index in [1.807, 2.05) is 0 Å². The zero-order valence-electron chi connectivity index (χ0n) is 18.1. The van der Waals surface area contributed by atoms with Crippen molar-refractivity contribution in [3.63, 3.8) is 0 Å². The molecule has 3 nitrogen and oxygen atoms in total. The van der Waals surface area contributed by atoms with E-state index in [0.29, 0.717) is 0 Å². The highest BCUT2D eigenvalue weighted by atomic mass is 15.1. The maximum atomic E-state index is 5.10. The third-order valence-corrected chi connectivity index (χ3v) is 6.46. The van der Waals surface area contributed by atoms with E-state index in [2.05, 4.69) is 94.2 Å². The van der Waals surface area contributed by atoms with Crippen molar-refractivity contribution in [1.82, 2.24) is 9.97 Å². The Bertz CT molecular complexity index is 1270. The summed E-state index contributed by atoms with van der Waals surface area (Å²) in [4.78, 5) is 8.85. The minimum absolute atomic E-state index is 0.0596. The van der Waals surface area contributed by atoms with Gasteiger partial charge in [-0.3, -0.25) is 4.98 Å². The van der Waals surface area contributed by atoms with Crippen LogP contribution in [-0.2, 0) is 16.2 Å². The molecule has 0 spiro atoms. The number of rotatable bonds is 0. The Kier molecular flexibility index (Phi) is 3.24. The van der Waals surface area contributed by atoms with Crippen molar-refractivity contribution in [2.45, 2.75) is 71.1 Å². The number of para-hydroxylation sites is 1. The molecule has 0 amide bonds. The summed E-state index contributed by atoms with van der Waals surface area (Å²) in [6, 6.07) is 13.3. The third kappa shape index (κ3) is 2.28. The van der Waals surface area contributed by atoms with Gasteiger partial charge in [0.15, 0.2) is 5.52 Å². The molecule has 0 radical (unpaired) electrons. The molecule has 3 heteroatoms. The van der Waals surface area contributed by atoms with Gasteiger partial charge in [0.1, 0.15) is 11.0 Å². The lowest BCUT2D eigenvalue weighted by Gasteiger charge is -2.22. The van der Waals surface area contributed by atoms with Gasteiger partial charge in [-0.05, 0) is 52.6 Å². The predicted octanol–water partition coefficient (Wildman–Crippen LogP) is 5.71. The van der Waals surface area contributed by atoms with Gasteiger partial charge in [0.2, 0.25) is 11.5 Å². The van der Waals surface area contributed by atoms with Crippen molar-refractivity contribution in [3.8, 4) is 0 Å². The largest absolute Gasteiger partial charge is 0.269 e. The second kappa shape index (κ2) is 5.14. The van der Waals surface area contributed by atoms with E-state index in [0.717, 1.165) is 17.0 Å². The first-order chi connectivity index (χ1) is 13.0. The molecule has 28 heavy (non-hydrogen) atoms. The minimum atomic E-state index is -0.0596. The zero-order chi connectivity index (χ0) is 20.1. The molecule has 1 aliphatic rings. The monoisotopic (exact) mass is 372 g/mol. The van der Waals surface area contributed by atoms with E-state index in [1.54, 1.807) is 0 Å². The van der Waals surface area contributed by atoms with Gasteiger partial charge < -0.3 is 0 Å². The Balaban J connectivity index is 2.00. The van der Waals surface area contributed by atoms with Crippen LogP contribution in [0, 0.1) is 0 Å². The van der Waals surface area contributed by atoms with E-state index < -0.39 is 0 Å². The molecule has 0 aliphatic heterocycles. The molecule has 1 N–H and O–H groups in total. The van der Waals surface area contributed by atoms with Gasteiger partial charge in [0, 0.05) is 0 Å². The lowest BCUT2D eigenvalue weighted by molar-refractivity contribution is -0.499. The molecule has 0 fully saturated rings. The first kappa shape index (κ1) is 17.7. The molecule has 1 aliphatic carbocycles. The minimum Gasteiger partial charge on any atom is -0.269 e. The summed E-state index contributed by atoms with van der Waals surface area (Å²) in [6.07, 6.45) is 1.18. The molecule has 0 saturated carbocycles. The normalized spacial score (nSPS) is 18.2. The van der Waals surface area contributed by atoms with E-state index in [-0.39, 0.29) is 16.2 Å². The van der Waals surface area contributed by atoms with Gasteiger partial charge in [0.05, 0.1) is 10.8 Å². The third-order valence-electron chi connectivity index (χ3n) is 6.46. The Morgan fingerprint density at radius 3 is 2.29 bits per heavy atom. The molecular weight excluding hydrogens is 342 g/mol. The molecule has 2 heterocycles. The maximum absolute atomic E-state index is 5.10. The van der Waals surface area contributed by atoms with Crippen LogP contribution in [0.25, 0.3) is 27.6 Å². The van der Waals surface area contributed by atoms with Crippen LogP contribution in [0.3, 0.4) is 0 Å². The van der Waals surface area contributed by atoms with Crippen LogP contribution in [0.15, 0.2) is 36.4 Å². The molecule has 144 valence electrons. The number of fused-ring (bicyclic) bond motifs is 6. The maximum Gasteiger partial charge on any atom is 0.249 e. The van der Waals surface area contributed by atoms with Gasteiger partial charge in [-0.15, -0.1) is 4.98 Å². The van der Waals surface area contributed by atoms with E-state index in [4.69, 9.17) is 4.98 Å².